The summed E-state index contributed by atoms with van der Waals surface area (Å²) < 4.78 is 27.7. The Morgan fingerprint density at radius 3 is 2.56 bits per heavy atom. The first kappa shape index (κ1) is 21.3. The van der Waals surface area contributed by atoms with Gasteiger partial charge in [-0.05, 0) is 41.8 Å². The predicted molar refractivity (Wildman–Crippen MR) is 106 cm³/mol. The van der Waals surface area contributed by atoms with Gasteiger partial charge in [0.2, 0.25) is 15.9 Å². The number of nitrogens with one attached hydrogen (secondary N) is 1. The fourth-order valence-electron chi connectivity index (χ4n) is 2.79. The van der Waals surface area contributed by atoms with E-state index in [1.807, 2.05) is 23.8 Å². The first-order valence-corrected chi connectivity index (χ1v) is 11.2. The van der Waals surface area contributed by atoms with Gasteiger partial charge < -0.3 is 9.88 Å². The minimum Gasteiger partial charge on any atom is -0.352 e. The molecular formula is C18H25N3O4S2. The maximum atomic E-state index is 12.6. The summed E-state index contributed by atoms with van der Waals surface area (Å²) in [6.45, 7) is 5.82. The fraction of sp³-hybridized carbons (Fsp3) is 0.444. The highest BCUT2D eigenvalue weighted by Gasteiger charge is 2.22. The van der Waals surface area contributed by atoms with Crippen molar-refractivity contribution in [2.75, 3.05) is 13.1 Å². The highest BCUT2D eigenvalue weighted by Crippen LogP contribution is 2.13. The topological polar surface area (TPSA) is 88.5 Å². The Labute approximate surface area is 163 Å². The highest BCUT2D eigenvalue weighted by molar-refractivity contribution is 7.89. The van der Waals surface area contributed by atoms with Crippen LogP contribution in [0.2, 0.25) is 0 Å². The van der Waals surface area contributed by atoms with Gasteiger partial charge in [0.25, 0.3) is 5.56 Å². The maximum absolute atomic E-state index is 12.6. The van der Waals surface area contributed by atoms with E-state index in [1.165, 1.54) is 22.6 Å². The monoisotopic (exact) mass is 411 g/mol. The van der Waals surface area contributed by atoms with Crippen LogP contribution in [0.4, 0.5) is 0 Å². The zero-order valence-corrected chi connectivity index (χ0v) is 17.3. The Morgan fingerprint density at radius 1 is 1.26 bits per heavy atom. The lowest BCUT2D eigenvalue weighted by atomic mass is 10.1. The average Bonchev–Trinajstić information content (AvgIpc) is 3.10. The second-order valence-electron chi connectivity index (χ2n) is 6.22. The van der Waals surface area contributed by atoms with Crippen molar-refractivity contribution in [3.63, 3.8) is 0 Å². The number of thiophene rings is 1. The molecule has 27 heavy (non-hydrogen) atoms. The molecule has 0 aliphatic carbocycles. The number of aromatic nitrogens is 1. The molecular weight excluding hydrogens is 386 g/mol. The number of amides is 1. The van der Waals surface area contributed by atoms with Crippen molar-refractivity contribution in [2.45, 2.75) is 44.7 Å². The van der Waals surface area contributed by atoms with Gasteiger partial charge in [-0.15, -0.1) is 0 Å². The quantitative estimate of drug-likeness (QED) is 0.680. The van der Waals surface area contributed by atoms with Gasteiger partial charge in [0.1, 0.15) is 6.54 Å². The normalized spacial score (nSPS) is 12.9. The molecule has 1 unspecified atom stereocenters. The minimum absolute atomic E-state index is 0.00456. The predicted octanol–water partition coefficient (Wildman–Crippen LogP) is 1.69. The molecule has 1 N–H and O–H groups in total. The van der Waals surface area contributed by atoms with Crippen molar-refractivity contribution >= 4 is 27.3 Å². The highest BCUT2D eigenvalue weighted by atomic mass is 32.2. The number of pyridine rings is 1. The van der Waals surface area contributed by atoms with Crippen molar-refractivity contribution in [3.05, 3.63) is 51.1 Å². The maximum Gasteiger partial charge on any atom is 0.251 e. The minimum atomic E-state index is -3.69. The fourth-order valence-corrected chi connectivity index (χ4v) is 4.95. The molecule has 7 nitrogen and oxygen atoms in total. The van der Waals surface area contributed by atoms with E-state index in [9.17, 15) is 18.0 Å². The molecule has 148 valence electrons. The van der Waals surface area contributed by atoms with Gasteiger partial charge in [0.15, 0.2) is 0 Å². The molecule has 0 aliphatic heterocycles. The van der Waals surface area contributed by atoms with Crippen molar-refractivity contribution in [2.24, 2.45) is 0 Å². The molecule has 0 saturated carbocycles. The number of sulfonamides is 1. The summed E-state index contributed by atoms with van der Waals surface area (Å²) in [5.41, 5.74) is 0.714. The molecule has 0 spiro atoms. The second-order valence-corrected chi connectivity index (χ2v) is 8.94. The third-order valence-corrected chi connectivity index (χ3v) is 6.91. The summed E-state index contributed by atoms with van der Waals surface area (Å²) in [7, 11) is -3.69. The molecule has 0 bridgehead atoms. The molecule has 9 heteroatoms. The van der Waals surface area contributed by atoms with Crippen LogP contribution in [0.25, 0.3) is 0 Å². The van der Waals surface area contributed by atoms with E-state index in [1.54, 1.807) is 25.2 Å². The van der Waals surface area contributed by atoms with Crippen LogP contribution in [-0.2, 0) is 27.8 Å². The number of carbonyl (C=O) groups is 1. The van der Waals surface area contributed by atoms with Crippen LogP contribution in [0.1, 0.15) is 26.3 Å². The zero-order chi connectivity index (χ0) is 20.0. The van der Waals surface area contributed by atoms with E-state index in [0.29, 0.717) is 19.5 Å². The van der Waals surface area contributed by atoms with Crippen LogP contribution in [0.5, 0.6) is 0 Å². The molecule has 1 amide bonds. The Bertz CT molecular complexity index is 916. The van der Waals surface area contributed by atoms with Crippen LogP contribution in [0.3, 0.4) is 0 Å². The smallest absolute Gasteiger partial charge is 0.251 e. The van der Waals surface area contributed by atoms with E-state index in [-0.39, 0.29) is 23.4 Å². The van der Waals surface area contributed by atoms with Crippen molar-refractivity contribution in [3.8, 4) is 0 Å². The van der Waals surface area contributed by atoms with Crippen molar-refractivity contribution < 1.29 is 13.2 Å². The van der Waals surface area contributed by atoms with Gasteiger partial charge in [-0.2, -0.15) is 15.6 Å². The number of rotatable bonds is 9. The summed E-state index contributed by atoms with van der Waals surface area (Å²) in [6.07, 6.45) is 1.93. The largest absolute Gasteiger partial charge is 0.352 e. The Kier molecular flexibility index (Phi) is 7.34. The van der Waals surface area contributed by atoms with Crippen molar-refractivity contribution in [1.82, 2.24) is 14.2 Å². The van der Waals surface area contributed by atoms with Crippen LogP contribution in [0.15, 0.2) is 44.8 Å². The van der Waals surface area contributed by atoms with E-state index in [0.717, 1.165) is 10.1 Å². The van der Waals surface area contributed by atoms with Crippen molar-refractivity contribution in [1.29, 1.82) is 0 Å². The molecule has 2 aromatic heterocycles. The molecule has 2 heterocycles. The summed E-state index contributed by atoms with van der Waals surface area (Å²) >= 11 is 1.60. The van der Waals surface area contributed by atoms with Crippen LogP contribution in [0, 0.1) is 0 Å². The molecule has 2 rings (SSSR count). The van der Waals surface area contributed by atoms with Gasteiger partial charge >= 0.3 is 0 Å². The first-order valence-electron chi connectivity index (χ1n) is 8.79. The van der Waals surface area contributed by atoms with E-state index in [4.69, 9.17) is 0 Å². The van der Waals surface area contributed by atoms with Gasteiger partial charge in [0, 0.05) is 31.4 Å². The molecule has 2 aromatic rings. The first-order chi connectivity index (χ1) is 12.8. The molecule has 0 aromatic carbocycles. The number of carbonyl (C=O) groups excluding carboxylic acids is 1. The standard InChI is InChI=1S/C18H25N3O4S2/c1-4-21(5-2)27(24,25)16-6-7-18(23)20(11-16)12-17(22)19-14(3)10-15-8-9-26-13-15/h6-9,11,13-14H,4-5,10,12H2,1-3H3,(H,19,22). The number of hydrogen-bond donors (Lipinski definition) is 1. The van der Waals surface area contributed by atoms with Gasteiger partial charge in [0.05, 0.1) is 4.90 Å². The van der Waals surface area contributed by atoms with Crippen LogP contribution < -0.4 is 10.9 Å². The zero-order valence-electron chi connectivity index (χ0n) is 15.7. The van der Waals surface area contributed by atoms with Crippen LogP contribution >= 0.6 is 11.3 Å². The van der Waals surface area contributed by atoms with Gasteiger partial charge in [-0.1, -0.05) is 13.8 Å². The van der Waals surface area contributed by atoms with Gasteiger partial charge in [-0.3, -0.25) is 9.59 Å². The summed E-state index contributed by atoms with van der Waals surface area (Å²) in [6, 6.07) is 4.37. The third-order valence-electron chi connectivity index (χ3n) is 4.14. The Hall–Kier alpha value is -1.97. The number of nitrogens with zero attached hydrogens (tertiary/aromatic N) is 2. The Balaban J connectivity index is 2.12. The lowest BCUT2D eigenvalue weighted by Crippen LogP contribution is -2.38. The second kappa shape index (κ2) is 9.29. The molecule has 0 saturated heterocycles. The lowest BCUT2D eigenvalue weighted by molar-refractivity contribution is -0.122. The SMILES string of the molecule is CCN(CC)S(=O)(=O)c1ccc(=O)n(CC(=O)NC(C)Cc2ccsc2)c1. The van der Waals surface area contributed by atoms with Gasteiger partial charge in [-0.25, -0.2) is 8.42 Å². The van der Waals surface area contributed by atoms with Crippen LogP contribution in [-0.4, -0.2) is 42.3 Å². The molecule has 0 aliphatic rings. The number of hydrogen-bond acceptors (Lipinski definition) is 5. The summed E-state index contributed by atoms with van der Waals surface area (Å²) in [4.78, 5) is 24.3. The van der Waals surface area contributed by atoms with E-state index < -0.39 is 15.6 Å². The molecule has 0 radical (unpaired) electrons. The van der Waals surface area contributed by atoms with E-state index >= 15 is 0 Å². The average molecular weight is 412 g/mol. The lowest BCUT2D eigenvalue weighted by Gasteiger charge is -2.19. The van der Waals surface area contributed by atoms with E-state index in [2.05, 4.69) is 5.32 Å². The summed E-state index contributed by atoms with van der Waals surface area (Å²) in [5.74, 6) is -0.336. The Morgan fingerprint density at radius 2 is 1.96 bits per heavy atom. The summed E-state index contributed by atoms with van der Waals surface area (Å²) in [5, 5.41) is 6.84. The third kappa shape index (κ3) is 5.50. The molecule has 1 atom stereocenters. The molecule has 0 fully saturated rings.